The number of rotatable bonds is 6. The maximum atomic E-state index is 6.06. The molecular weight excluding hydrogens is 260 g/mol. The minimum Gasteiger partial charge on any atom is -0.493 e. The Morgan fingerprint density at radius 2 is 1.19 bits per heavy atom. The lowest BCUT2D eigenvalue weighted by Crippen LogP contribution is -2.19. The van der Waals surface area contributed by atoms with E-state index in [0.29, 0.717) is 0 Å². The topological polar surface area (TPSA) is 18.5 Å². The summed E-state index contributed by atoms with van der Waals surface area (Å²) in [7, 11) is 0. The molecule has 2 saturated carbocycles. The van der Waals surface area contributed by atoms with E-state index in [9.17, 15) is 0 Å². The van der Waals surface area contributed by atoms with Crippen molar-refractivity contribution in [3.05, 3.63) is 23.3 Å². The standard InChI is InChI=1S/C19H28O2/c1-14-15(2)19(21-13-17-8-5-9-17)11-10-18(14)20-12-16-6-3-4-7-16/h10-11,16-17H,3-9,12-13H2,1-2H3. The van der Waals surface area contributed by atoms with Crippen LogP contribution in [-0.4, -0.2) is 13.2 Å². The van der Waals surface area contributed by atoms with Crippen LogP contribution in [0.25, 0.3) is 0 Å². The maximum Gasteiger partial charge on any atom is 0.122 e. The van der Waals surface area contributed by atoms with E-state index in [1.165, 1.54) is 56.1 Å². The van der Waals surface area contributed by atoms with Crippen LogP contribution in [0.3, 0.4) is 0 Å². The summed E-state index contributed by atoms with van der Waals surface area (Å²) in [5, 5.41) is 0. The van der Waals surface area contributed by atoms with E-state index >= 15 is 0 Å². The molecule has 0 atom stereocenters. The number of hydrogen-bond donors (Lipinski definition) is 0. The van der Waals surface area contributed by atoms with Crippen LogP contribution in [0, 0.1) is 25.7 Å². The first-order valence-electron chi connectivity index (χ1n) is 8.60. The molecule has 3 rings (SSSR count). The molecule has 0 radical (unpaired) electrons. The zero-order chi connectivity index (χ0) is 14.7. The highest BCUT2D eigenvalue weighted by atomic mass is 16.5. The fraction of sp³-hybridized carbons (Fsp3) is 0.684. The summed E-state index contributed by atoms with van der Waals surface area (Å²) in [4.78, 5) is 0. The van der Waals surface area contributed by atoms with Gasteiger partial charge in [0.05, 0.1) is 13.2 Å². The molecule has 2 aliphatic rings. The lowest BCUT2D eigenvalue weighted by molar-refractivity contribution is 0.179. The second kappa shape index (κ2) is 6.72. The smallest absolute Gasteiger partial charge is 0.122 e. The van der Waals surface area contributed by atoms with Gasteiger partial charge in [0.2, 0.25) is 0 Å². The summed E-state index contributed by atoms with van der Waals surface area (Å²) >= 11 is 0. The molecule has 0 saturated heterocycles. The molecule has 1 aromatic rings. The molecule has 2 fully saturated rings. The number of hydrogen-bond acceptors (Lipinski definition) is 2. The number of ether oxygens (including phenoxy) is 2. The minimum atomic E-state index is 0.763. The van der Waals surface area contributed by atoms with Crippen molar-refractivity contribution in [1.29, 1.82) is 0 Å². The van der Waals surface area contributed by atoms with E-state index < -0.39 is 0 Å². The van der Waals surface area contributed by atoms with E-state index in [4.69, 9.17) is 9.47 Å². The summed E-state index contributed by atoms with van der Waals surface area (Å²) in [6, 6.07) is 4.18. The van der Waals surface area contributed by atoms with Crippen molar-refractivity contribution in [3.63, 3.8) is 0 Å². The van der Waals surface area contributed by atoms with Crippen LogP contribution in [0.5, 0.6) is 11.5 Å². The molecule has 0 unspecified atom stereocenters. The molecule has 2 aliphatic carbocycles. The molecule has 0 amide bonds. The van der Waals surface area contributed by atoms with Gasteiger partial charge in [0, 0.05) is 0 Å². The zero-order valence-electron chi connectivity index (χ0n) is 13.5. The van der Waals surface area contributed by atoms with Gasteiger partial charge in [0.15, 0.2) is 0 Å². The molecule has 1 aromatic carbocycles. The highest BCUT2D eigenvalue weighted by Crippen LogP contribution is 2.33. The van der Waals surface area contributed by atoms with Crippen LogP contribution in [0.1, 0.15) is 56.1 Å². The molecule has 0 spiro atoms. The van der Waals surface area contributed by atoms with E-state index in [1.807, 2.05) is 0 Å². The highest BCUT2D eigenvalue weighted by Gasteiger charge is 2.19. The molecule has 21 heavy (non-hydrogen) atoms. The van der Waals surface area contributed by atoms with Crippen molar-refractivity contribution in [2.45, 2.75) is 58.8 Å². The van der Waals surface area contributed by atoms with Gasteiger partial charge in [-0.3, -0.25) is 0 Å². The van der Waals surface area contributed by atoms with Crippen LogP contribution in [-0.2, 0) is 0 Å². The highest BCUT2D eigenvalue weighted by molar-refractivity contribution is 5.47. The Bertz CT molecular complexity index is 471. The second-order valence-electron chi connectivity index (χ2n) is 6.88. The normalized spacial score (nSPS) is 19.5. The van der Waals surface area contributed by atoms with Crippen molar-refractivity contribution >= 4 is 0 Å². The Kier molecular flexibility index (Phi) is 4.72. The zero-order valence-corrected chi connectivity index (χ0v) is 13.5. The lowest BCUT2D eigenvalue weighted by Gasteiger charge is -2.26. The first kappa shape index (κ1) is 14.7. The monoisotopic (exact) mass is 288 g/mol. The molecular formula is C19H28O2. The van der Waals surface area contributed by atoms with Crippen LogP contribution in [0.4, 0.5) is 0 Å². The largest absolute Gasteiger partial charge is 0.493 e. The van der Waals surface area contributed by atoms with Gasteiger partial charge in [-0.05, 0) is 74.6 Å². The fourth-order valence-electron chi connectivity index (χ4n) is 3.34. The Morgan fingerprint density at radius 1 is 0.762 bits per heavy atom. The summed E-state index contributed by atoms with van der Waals surface area (Å²) < 4.78 is 12.1. The minimum absolute atomic E-state index is 0.763. The molecule has 0 N–H and O–H groups in total. The van der Waals surface area contributed by atoms with Gasteiger partial charge >= 0.3 is 0 Å². The Balaban J connectivity index is 1.58. The second-order valence-corrected chi connectivity index (χ2v) is 6.88. The molecule has 2 heteroatoms. The van der Waals surface area contributed by atoms with E-state index in [0.717, 1.165) is 36.5 Å². The lowest BCUT2D eigenvalue weighted by atomic mass is 9.86. The quantitative estimate of drug-likeness (QED) is 0.729. The van der Waals surface area contributed by atoms with Crippen LogP contribution >= 0.6 is 0 Å². The molecule has 2 nitrogen and oxygen atoms in total. The first-order valence-corrected chi connectivity index (χ1v) is 8.60. The van der Waals surface area contributed by atoms with Crippen LogP contribution < -0.4 is 9.47 Å². The van der Waals surface area contributed by atoms with Gasteiger partial charge in [-0.1, -0.05) is 19.3 Å². The van der Waals surface area contributed by atoms with Crippen molar-refractivity contribution in [3.8, 4) is 11.5 Å². The van der Waals surface area contributed by atoms with Gasteiger partial charge in [-0.15, -0.1) is 0 Å². The van der Waals surface area contributed by atoms with Crippen LogP contribution in [0.15, 0.2) is 12.1 Å². The predicted molar refractivity (Wildman–Crippen MR) is 86.2 cm³/mol. The van der Waals surface area contributed by atoms with E-state index in [-0.39, 0.29) is 0 Å². The molecule has 0 aromatic heterocycles. The predicted octanol–water partition coefficient (Wildman–Crippen LogP) is 5.05. The van der Waals surface area contributed by atoms with Crippen molar-refractivity contribution in [1.82, 2.24) is 0 Å². The maximum absolute atomic E-state index is 6.06. The fourth-order valence-corrected chi connectivity index (χ4v) is 3.34. The first-order chi connectivity index (χ1) is 10.2. The van der Waals surface area contributed by atoms with Crippen molar-refractivity contribution in [2.75, 3.05) is 13.2 Å². The summed E-state index contributed by atoms with van der Waals surface area (Å²) in [6.07, 6.45) is 9.46. The average molecular weight is 288 g/mol. The van der Waals surface area contributed by atoms with Crippen molar-refractivity contribution < 1.29 is 9.47 Å². The third-order valence-electron chi connectivity index (χ3n) is 5.34. The number of benzene rings is 1. The molecule has 0 heterocycles. The van der Waals surface area contributed by atoms with Gasteiger partial charge in [0.25, 0.3) is 0 Å². The molecule has 116 valence electrons. The summed E-state index contributed by atoms with van der Waals surface area (Å²) in [6.45, 7) is 6.05. The van der Waals surface area contributed by atoms with Gasteiger partial charge < -0.3 is 9.47 Å². The van der Waals surface area contributed by atoms with Crippen molar-refractivity contribution in [2.24, 2.45) is 11.8 Å². The van der Waals surface area contributed by atoms with E-state index in [1.54, 1.807) is 0 Å². The molecule has 0 bridgehead atoms. The van der Waals surface area contributed by atoms with Crippen LogP contribution in [0.2, 0.25) is 0 Å². The van der Waals surface area contributed by atoms with Gasteiger partial charge in [-0.25, -0.2) is 0 Å². The third-order valence-corrected chi connectivity index (χ3v) is 5.34. The SMILES string of the molecule is Cc1c(OCC2CCCC2)ccc(OCC2CCC2)c1C. The van der Waals surface area contributed by atoms with Gasteiger partial charge in [-0.2, -0.15) is 0 Å². The molecule has 0 aliphatic heterocycles. The van der Waals surface area contributed by atoms with E-state index in [2.05, 4.69) is 26.0 Å². The summed E-state index contributed by atoms with van der Waals surface area (Å²) in [5.74, 6) is 3.62. The Labute approximate surface area is 128 Å². The Morgan fingerprint density at radius 3 is 1.57 bits per heavy atom. The third kappa shape index (κ3) is 3.53. The summed E-state index contributed by atoms with van der Waals surface area (Å²) in [5.41, 5.74) is 2.47. The van der Waals surface area contributed by atoms with Gasteiger partial charge in [0.1, 0.15) is 11.5 Å². The Hall–Kier alpha value is -1.18. The average Bonchev–Trinajstić information content (AvgIpc) is 2.94.